The van der Waals surface area contributed by atoms with E-state index in [4.69, 9.17) is 4.74 Å². The lowest BCUT2D eigenvalue weighted by Gasteiger charge is -2.17. The summed E-state index contributed by atoms with van der Waals surface area (Å²) in [5.74, 6) is 0.536. The summed E-state index contributed by atoms with van der Waals surface area (Å²) in [5, 5.41) is 3.54. The molecular formula is C14H23NO. The van der Waals surface area contributed by atoms with Crippen molar-refractivity contribution in [3.05, 3.63) is 29.3 Å². The first-order chi connectivity index (χ1) is 7.69. The normalized spacial score (nSPS) is 12.5. The predicted octanol–water partition coefficient (Wildman–Crippen LogP) is 3.25. The first kappa shape index (κ1) is 13.0. The summed E-state index contributed by atoms with van der Waals surface area (Å²) >= 11 is 0. The fourth-order valence-electron chi connectivity index (χ4n) is 1.90. The zero-order chi connectivity index (χ0) is 12.0. The molecule has 90 valence electrons. The minimum atomic E-state index is 0.536. The van der Waals surface area contributed by atoms with Crippen LogP contribution >= 0.6 is 0 Å². The highest BCUT2D eigenvalue weighted by atomic mass is 16.5. The van der Waals surface area contributed by atoms with Crippen LogP contribution in [0.25, 0.3) is 0 Å². The maximum Gasteiger partial charge on any atom is 0.0504 e. The van der Waals surface area contributed by atoms with E-state index in [0.29, 0.717) is 5.92 Å². The maximum absolute atomic E-state index is 5.14. The Balaban J connectivity index is 2.65. The molecule has 0 bridgehead atoms. The number of ether oxygens (including phenoxy) is 1. The molecule has 0 radical (unpaired) electrons. The van der Waals surface area contributed by atoms with Crippen LogP contribution in [0, 0.1) is 12.8 Å². The number of hydrogen-bond acceptors (Lipinski definition) is 2. The number of anilines is 1. The lowest BCUT2D eigenvalue weighted by atomic mass is 10.1. The molecule has 16 heavy (non-hydrogen) atoms. The van der Waals surface area contributed by atoms with Gasteiger partial charge in [0.1, 0.15) is 0 Å². The predicted molar refractivity (Wildman–Crippen MR) is 70.1 cm³/mol. The molecule has 0 aromatic heterocycles. The lowest BCUT2D eigenvalue weighted by molar-refractivity contribution is 0.164. The Hall–Kier alpha value is -1.02. The summed E-state index contributed by atoms with van der Waals surface area (Å²) in [5.41, 5.74) is 4.02. The highest BCUT2D eigenvalue weighted by Crippen LogP contribution is 2.21. The molecule has 0 saturated carbocycles. The molecule has 2 nitrogen and oxygen atoms in total. The summed E-state index contributed by atoms with van der Waals surface area (Å²) in [6.07, 6.45) is 1.07. The van der Waals surface area contributed by atoms with Crippen LogP contribution in [0.5, 0.6) is 0 Å². The van der Waals surface area contributed by atoms with Gasteiger partial charge in [-0.1, -0.05) is 32.0 Å². The van der Waals surface area contributed by atoms with Gasteiger partial charge in [0.25, 0.3) is 0 Å². The van der Waals surface area contributed by atoms with E-state index >= 15 is 0 Å². The van der Waals surface area contributed by atoms with Crippen LogP contribution in [0.15, 0.2) is 18.2 Å². The Morgan fingerprint density at radius 1 is 1.38 bits per heavy atom. The van der Waals surface area contributed by atoms with Gasteiger partial charge in [0.15, 0.2) is 0 Å². The lowest BCUT2D eigenvalue weighted by Crippen LogP contribution is -2.17. The summed E-state index contributed by atoms with van der Waals surface area (Å²) in [6.45, 7) is 8.31. The highest BCUT2D eigenvalue weighted by molar-refractivity contribution is 5.57. The van der Waals surface area contributed by atoms with Crippen molar-refractivity contribution >= 4 is 5.69 Å². The molecule has 1 aromatic carbocycles. The van der Waals surface area contributed by atoms with Crippen LogP contribution in [0.4, 0.5) is 5.69 Å². The molecule has 0 heterocycles. The number of hydrogen-bond donors (Lipinski definition) is 1. The first-order valence-electron chi connectivity index (χ1n) is 6.00. The van der Waals surface area contributed by atoms with Crippen molar-refractivity contribution < 1.29 is 4.74 Å². The SMILES string of the molecule is CCc1cccc(C)c1NCC(C)COC. The number of nitrogens with one attached hydrogen (secondary N) is 1. The van der Waals surface area contributed by atoms with Gasteiger partial charge in [-0.15, -0.1) is 0 Å². The summed E-state index contributed by atoms with van der Waals surface area (Å²) < 4.78 is 5.14. The van der Waals surface area contributed by atoms with Crippen LogP contribution < -0.4 is 5.32 Å². The minimum Gasteiger partial charge on any atom is -0.384 e. The largest absolute Gasteiger partial charge is 0.384 e. The van der Waals surface area contributed by atoms with E-state index < -0.39 is 0 Å². The van der Waals surface area contributed by atoms with E-state index in [1.54, 1.807) is 7.11 Å². The summed E-state index contributed by atoms with van der Waals surface area (Å²) in [7, 11) is 1.75. The second-order valence-electron chi connectivity index (χ2n) is 4.40. The molecule has 1 atom stereocenters. The third-order valence-corrected chi connectivity index (χ3v) is 2.82. The fraction of sp³-hybridized carbons (Fsp3) is 0.571. The third-order valence-electron chi connectivity index (χ3n) is 2.82. The van der Waals surface area contributed by atoms with Crippen molar-refractivity contribution in [2.45, 2.75) is 27.2 Å². The molecule has 0 amide bonds. The van der Waals surface area contributed by atoms with Gasteiger partial charge in [-0.25, -0.2) is 0 Å². The second-order valence-corrected chi connectivity index (χ2v) is 4.40. The zero-order valence-corrected chi connectivity index (χ0v) is 10.8. The van der Waals surface area contributed by atoms with Crippen molar-refractivity contribution in [2.75, 3.05) is 25.6 Å². The molecular weight excluding hydrogens is 198 g/mol. The van der Waals surface area contributed by atoms with Crippen LogP contribution in [-0.2, 0) is 11.2 Å². The molecule has 1 N–H and O–H groups in total. The quantitative estimate of drug-likeness (QED) is 0.796. The zero-order valence-electron chi connectivity index (χ0n) is 10.8. The number of aryl methyl sites for hydroxylation is 2. The van der Waals surface area contributed by atoms with Crippen molar-refractivity contribution in [3.63, 3.8) is 0 Å². The smallest absolute Gasteiger partial charge is 0.0504 e. The molecule has 0 aliphatic rings. The van der Waals surface area contributed by atoms with Crippen molar-refractivity contribution in [3.8, 4) is 0 Å². The summed E-state index contributed by atoms with van der Waals surface area (Å²) in [4.78, 5) is 0. The summed E-state index contributed by atoms with van der Waals surface area (Å²) in [6, 6.07) is 6.47. The van der Waals surface area contributed by atoms with Crippen molar-refractivity contribution in [1.29, 1.82) is 0 Å². The number of para-hydroxylation sites is 1. The van der Waals surface area contributed by atoms with Crippen molar-refractivity contribution in [1.82, 2.24) is 0 Å². The van der Waals surface area contributed by atoms with E-state index in [2.05, 4.69) is 44.3 Å². The maximum atomic E-state index is 5.14. The number of rotatable bonds is 6. The molecule has 0 spiro atoms. The van der Waals surface area contributed by atoms with Crippen molar-refractivity contribution in [2.24, 2.45) is 5.92 Å². The van der Waals surface area contributed by atoms with Gasteiger partial charge in [-0.05, 0) is 30.4 Å². The Labute approximate surface area is 99.0 Å². The van der Waals surface area contributed by atoms with E-state index in [9.17, 15) is 0 Å². The highest BCUT2D eigenvalue weighted by Gasteiger charge is 2.06. The Bertz CT molecular complexity index is 323. The molecule has 0 aliphatic heterocycles. The monoisotopic (exact) mass is 221 g/mol. The van der Waals surface area contributed by atoms with Gasteiger partial charge >= 0.3 is 0 Å². The third kappa shape index (κ3) is 3.53. The molecule has 0 fully saturated rings. The van der Waals surface area contributed by atoms with Gasteiger partial charge < -0.3 is 10.1 Å². The van der Waals surface area contributed by atoms with Gasteiger partial charge in [0.05, 0.1) is 6.61 Å². The van der Waals surface area contributed by atoms with Crippen LogP contribution in [0.1, 0.15) is 25.0 Å². The average molecular weight is 221 g/mol. The van der Waals surface area contributed by atoms with Crippen LogP contribution in [-0.4, -0.2) is 20.3 Å². The first-order valence-corrected chi connectivity index (χ1v) is 6.00. The number of benzene rings is 1. The fourth-order valence-corrected chi connectivity index (χ4v) is 1.90. The molecule has 2 heteroatoms. The minimum absolute atomic E-state index is 0.536. The van der Waals surface area contributed by atoms with Gasteiger partial charge in [0, 0.05) is 19.3 Å². The van der Waals surface area contributed by atoms with E-state index in [-0.39, 0.29) is 0 Å². The molecule has 1 rings (SSSR count). The Kier molecular flexibility index (Phi) is 5.33. The topological polar surface area (TPSA) is 21.3 Å². The molecule has 1 unspecified atom stereocenters. The van der Waals surface area contributed by atoms with Crippen LogP contribution in [0.3, 0.4) is 0 Å². The average Bonchev–Trinajstić information content (AvgIpc) is 2.27. The molecule has 1 aromatic rings. The van der Waals surface area contributed by atoms with E-state index in [0.717, 1.165) is 19.6 Å². The molecule has 0 aliphatic carbocycles. The Morgan fingerprint density at radius 3 is 2.75 bits per heavy atom. The van der Waals surface area contributed by atoms with Crippen LogP contribution in [0.2, 0.25) is 0 Å². The van der Waals surface area contributed by atoms with Gasteiger partial charge in [-0.2, -0.15) is 0 Å². The van der Waals surface area contributed by atoms with Gasteiger partial charge in [-0.3, -0.25) is 0 Å². The van der Waals surface area contributed by atoms with Gasteiger partial charge in [0.2, 0.25) is 0 Å². The number of methoxy groups -OCH3 is 1. The standard InChI is InChI=1S/C14H23NO/c1-5-13-8-6-7-12(3)14(13)15-9-11(2)10-16-4/h6-8,11,15H,5,9-10H2,1-4H3. The molecule has 0 saturated heterocycles. The van der Waals surface area contributed by atoms with E-state index in [1.165, 1.54) is 16.8 Å². The van der Waals surface area contributed by atoms with E-state index in [1.807, 2.05) is 0 Å². The Morgan fingerprint density at radius 2 is 2.12 bits per heavy atom. The second kappa shape index (κ2) is 6.54.